The lowest BCUT2D eigenvalue weighted by atomic mass is 10.2. The van der Waals surface area contributed by atoms with Crippen molar-refractivity contribution < 1.29 is 9.47 Å². The Kier molecular flexibility index (Phi) is 5.63. The predicted octanol–water partition coefficient (Wildman–Crippen LogP) is 3.65. The first kappa shape index (κ1) is 18.2. The number of hydrogen-bond donors (Lipinski definition) is 1. The third-order valence-electron chi connectivity index (χ3n) is 4.24. The van der Waals surface area contributed by atoms with Gasteiger partial charge in [-0.1, -0.05) is 12.1 Å². The number of nitrogens with zero attached hydrogens (tertiary/aromatic N) is 3. The van der Waals surface area contributed by atoms with Crippen LogP contribution in [-0.2, 0) is 13.1 Å². The number of rotatable bonds is 5. The van der Waals surface area contributed by atoms with Gasteiger partial charge in [0.15, 0.2) is 16.6 Å². The maximum Gasteiger partial charge on any atom is 0.174 e. The van der Waals surface area contributed by atoms with Gasteiger partial charge in [-0.3, -0.25) is 9.97 Å². The highest BCUT2D eigenvalue weighted by atomic mass is 32.1. The van der Waals surface area contributed by atoms with Crippen molar-refractivity contribution >= 4 is 23.0 Å². The molecule has 3 aromatic rings. The van der Waals surface area contributed by atoms with E-state index in [4.69, 9.17) is 21.7 Å². The number of thiocarbonyl (C=S) groups is 1. The van der Waals surface area contributed by atoms with E-state index in [1.807, 2.05) is 59.5 Å². The van der Waals surface area contributed by atoms with Crippen LogP contribution in [0.5, 0.6) is 11.5 Å². The molecule has 0 fully saturated rings. The fourth-order valence-corrected chi connectivity index (χ4v) is 3.14. The molecule has 28 heavy (non-hydrogen) atoms. The normalized spacial score (nSPS) is 12.3. The van der Waals surface area contributed by atoms with Gasteiger partial charge in [0.25, 0.3) is 0 Å². The van der Waals surface area contributed by atoms with E-state index >= 15 is 0 Å². The van der Waals surface area contributed by atoms with Crippen LogP contribution in [0.2, 0.25) is 0 Å². The van der Waals surface area contributed by atoms with Gasteiger partial charge in [0.05, 0.1) is 24.5 Å². The minimum Gasteiger partial charge on any atom is -0.486 e. The molecule has 0 atom stereocenters. The maximum absolute atomic E-state index is 5.70. The molecule has 1 aliphatic heterocycles. The summed E-state index contributed by atoms with van der Waals surface area (Å²) in [6.07, 6.45) is 3.57. The van der Waals surface area contributed by atoms with Crippen LogP contribution in [0.3, 0.4) is 0 Å². The fourth-order valence-electron chi connectivity index (χ4n) is 2.90. The average molecular weight is 392 g/mol. The second-order valence-electron chi connectivity index (χ2n) is 6.29. The number of hydrogen-bond acceptors (Lipinski definition) is 5. The van der Waals surface area contributed by atoms with E-state index in [1.165, 1.54) is 0 Å². The predicted molar refractivity (Wildman–Crippen MR) is 111 cm³/mol. The molecule has 1 aromatic carbocycles. The van der Waals surface area contributed by atoms with Gasteiger partial charge in [-0.2, -0.15) is 0 Å². The largest absolute Gasteiger partial charge is 0.486 e. The van der Waals surface area contributed by atoms with Crippen molar-refractivity contribution in [3.63, 3.8) is 0 Å². The smallest absolute Gasteiger partial charge is 0.174 e. The molecule has 4 rings (SSSR count). The Labute approximate surface area is 169 Å². The molecule has 1 aliphatic rings. The fraction of sp³-hybridized carbons (Fsp3) is 0.190. The molecule has 7 heteroatoms. The van der Waals surface area contributed by atoms with Crippen LogP contribution in [0.4, 0.5) is 5.69 Å². The Morgan fingerprint density at radius 2 is 1.54 bits per heavy atom. The standard InChI is InChI=1S/C21H20N4O2S/c28-21(24-16-7-8-19-20(13-16)27-12-11-26-19)25(14-17-5-1-3-9-22-17)15-18-6-2-4-10-23-18/h1-10,13H,11-12,14-15H2,(H,24,28). The van der Waals surface area contributed by atoms with Gasteiger partial charge in [-0.15, -0.1) is 0 Å². The van der Waals surface area contributed by atoms with Crippen LogP contribution in [0.1, 0.15) is 11.4 Å². The second kappa shape index (κ2) is 8.67. The van der Waals surface area contributed by atoms with Crippen molar-refractivity contribution in [2.45, 2.75) is 13.1 Å². The minimum atomic E-state index is 0.548. The maximum atomic E-state index is 5.70. The third kappa shape index (κ3) is 4.55. The molecule has 0 spiro atoms. The second-order valence-corrected chi connectivity index (χ2v) is 6.67. The van der Waals surface area contributed by atoms with Crippen molar-refractivity contribution in [2.24, 2.45) is 0 Å². The van der Waals surface area contributed by atoms with Gasteiger partial charge in [-0.25, -0.2) is 0 Å². The number of benzene rings is 1. The van der Waals surface area contributed by atoms with E-state index in [2.05, 4.69) is 15.3 Å². The summed E-state index contributed by atoms with van der Waals surface area (Å²) < 4.78 is 11.2. The summed E-state index contributed by atoms with van der Waals surface area (Å²) in [6.45, 7) is 2.27. The number of fused-ring (bicyclic) bond motifs is 1. The molecule has 6 nitrogen and oxygen atoms in total. The molecule has 3 heterocycles. The van der Waals surface area contributed by atoms with Crippen LogP contribution >= 0.6 is 12.2 Å². The number of nitrogens with one attached hydrogen (secondary N) is 1. The topological polar surface area (TPSA) is 59.5 Å². The number of ether oxygens (including phenoxy) is 2. The Morgan fingerprint density at radius 3 is 2.14 bits per heavy atom. The average Bonchev–Trinajstić information content (AvgIpc) is 2.75. The number of aromatic nitrogens is 2. The van der Waals surface area contributed by atoms with Crippen molar-refractivity contribution in [3.8, 4) is 11.5 Å². The first-order chi connectivity index (χ1) is 13.8. The van der Waals surface area contributed by atoms with Crippen LogP contribution in [0.25, 0.3) is 0 Å². The van der Waals surface area contributed by atoms with E-state index in [-0.39, 0.29) is 0 Å². The van der Waals surface area contributed by atoms with E-state index in [0.717, 1.165) is 28.6 Å². The van der Waals surface area contributed by atoms with Gasteiger partial charge in [-0.05, 0) is 48.6 Å². The summed E-state index contributed by atoms with van der Waals surface area (Å²) in [5.74, 6) is 1.47. The molecule has 0 saturated carbocycles. The van der Waals surface area contributed by atoms with E-state index < -0.39 is 0 Å². The van der Waals surface area contributed by atoms with E-state index in [9.17, 15) is 0 Å². The van der Waals surface area contributed by atoms with Gasteiger partial charge in [0.1, 0.15) is 13.2 Å². The quantitative estimate of drug-likeness (QED) is 0.665. The zero-order chi connectivity index (χ0) is 19.2. The van der Waals surface area contributed by atoms with Crippen molar-refractivity contribution in [1.29, 1.82) is 0 Å². The highest BCUT2D eigenvalue weighted by Crippen LogP contribution is 2.32. The van der Waals surface area contributed by atoms with Crippen molar-refractivity contribution in [2.75, 3.05) is 18.5 Å². The summed E-state index contributed by atoms with van der Waals surface area (Å²) in [4.78, 5) is 10.9. The minimum absolute atomic E-state index is 0.548. The van der Waals surface area contributed by atoms with Crippen LogP contribution in [0, 0.1) is 0 Å². The molecule has 0 amide bonds. The molecule has 1 N–H and O–H groups in total. The van der Waals surface area contributed by atoms with Crippen molar-refractivity contribution in [1.82, 2.24) is 14.9 Å². The molecule has 142 valence electrons. The molecular weight excluding hydrogens is 372 g/mol. The Morgan fingerprint density at radius 1 is 0.893 bits per heavy atom. The lowest BCUT2D eigenvalue weighted by Gasteiger charge is -2.26. The van der Waals surface area contributed by atoms with Gasteiger partial charge in [0, 0.05) is 24.1 Å². The summed E-state index contributed by atoms with van der Waals surface area (Å²) in [6, 6.07) is 17.4. The zero-order valence-corrected chi connectivity index (χ0v) is 16.1. The molecule has 0 unspecified atom stereocenters. The van der Waals surface area contributed by atoms with Gasteiger partial charge in [0.2, 0.25) is 0 Å². The summed E-state index contributed by atoms with van der Waals surface area (Å²) in [5, 5.41) is 3.89. The molecule has 0 bridgehead atoms. The summed E-state index contributed by atoms with van der Waals surface area (Å²) in [5.41, 5.74) is 2.72. The van der Waals surface area contributed by atoms with E-state index in [0.29, 0.717) is 31.4 Å². The Bertz CT molecular complexity index is 896. The Hall–Kier alpha value is -3.19. The lowest BCUT2D eigenvalue weighted by Crippen LogP contribution is -2.34. The molecule has 0 saturated heterocycles. The monoisotopic (exact) mass is 392 g/mol. The number of pyridine rings is 2. The van der Waals surface area contributed by atoms with Gasteiger partial charge < -0.3 is 19.7 Å². The van der Waals surface area contributed by atoms with Crippen LogP contribution in [0.15, 0.2) is 67.0 Å². The van der Waals surface area contributed by atoms with Gasteiger partial charge >= 0.3 is 0 Å². The molecule has 0 aliphatic carbocycles. The highest BCUT2D eigenvalue weighted by Gasteiger charge is 2.15. The molecule has 2 aromatic heterocycles. The first-order valence-electron chi connectivity index (χ1n) is 9.03. The van der Waals surface area contributed by atoms with Crippen LogP contribution in [-0.4, -0.2) is 33.2 Å². The van der Waals surface area contributed by atoms with Crippen molar-refractivity contribution in [3.05, 3.63) is 78.4 Å². The van der Waals surface area contributed by atoms with Crippen LogP contribution < -0.4 is 14.8 Å². The Balaban J connectivity index is 1.52. The zero-order valence-electron chi connectivity index (χ0n) is 15.2. The summed E-state index contributed by atoms with van der Waals surface area (Å²) >= 11 is 5.70. The highest BCUT2D eigenvalue weighted by molar-refractivity contribution is 7.80. The molecular formula is C21H20N4O2S. The number of anilines is 1. The third-order valence-corrected chi connectivity index (χ3v) is 4.60. The van der Waals surface area contributed by atoms with E-state index in [1.54, 1.807) is 12.4 Å². The SMILES string of the molecule is S=C(Nc1ccc2c(c1)OCCO2)N(Cc1ccccn1)Cc1ccccn1. The molecule has 0 radical (unpaired) electrons. The summed E-state index contributed by atoms with van der Waals surface area (Å²) in [7, 11) is 0. The first-order valence-corrected chi connectivity index (χ1v) is 9.44. The lowest BCUT2D eigenvalue weighted by molar-refractivity contribution is 0.171.